The van der Waals surface area contributed by atoms with Crippen molar-refractivity contribution in [3.8, 4) is 0 Å². The number of carbonyl (C=O) groups excluding carboxylic acids is 2. The molecular weight excluding hydrogens is 457 g/mol. The standard InChI is InChI=1S/C20H24IN3O3/c1-20(2,3)27-19(26)24-17(13-7-5-4-6-8-13)12-18(25)23-16-10-9-14(21)11-15(16)22/h4-11,17H,12,22H2,1-3H3,(H,23,25)(H,24,26)/t17-/m0/s1. The van der Waals surface area contributed by atoms with Crippen LogP contribution in [0.5, 0.6) is 0 Å². The molecule has 0 saturated heterocycles. The number of ether oxygens (including phenoxy) is 1. The first-order chi connectivity index (χ1) is 12.6. The van der Waals surface area contributed by atoms with Gasteiger partial charge in [0.1, 0.15) is 5.60 Å². The summed E-state index contributed by atoms with van der Waals surface area (Å²) in [6.45, 7) is 5.36. The summed E-state index contributed by atoms with van der Waals surface area (Å²) < 4.78 is 6.30. The van der Waals surface area contributed by atoms with Gasteiger partial charge in [0.2, 0.25) is 5.91 Å². The van der Waals surface area contributed by atoms with Crippen LogP contribution in [-0.4, -0.2) is 17.6 Å². The maximum Gasteiger partial charge on any atom is 0.408 e. The molecule has 0 spiro atoms. The molecule has 0 aromatic heterocycles. The van der Waals surface area contributed by atoms with E-state index in [4.69, 9.17) is 10.5 Å². The zero-order valence-electron chi connectivity index (χ0n) is 15.6. The average Bonchev–Trinajstić information content (AvgIpc) is 2.56. The predicted molar refractivity (Wildman–Crippen MR) is 115 cm³/mol. The lowest BCUT2D eigenvalue weighted by Crippen LogP contribution is -2.36. The zero-order valence-corrected chi connectivity index (χ0v) is 17.7. The number of hydrogen-bond acceptors (Lipinski definition) is 4. The molecule has 0 aliphatic rings. The third-order valence-corrected chi connectivity index (χ3v) is 4.24. The highest BCUT2D eigenvalue weighted by Gasteiger charge is 2.22. The molecule has 2 amide bonds. The normalized spacial score (nSPS) is 12.1. The number of nitrogens with two attached hydrogens (primary N) is 1. The van der Waals surface area contributed by atoms with Gasteiger partial charge in [-0.25, -0.2) is 4.79 Å². The lowest BCUT2D eigenvalue weighted by atomic mass is 10.0. The first-order valence-corrected chi connectivity index (χ1v) is 9.61. The molecule has 7 heteroatoms. The number of alkyl carbamates (subject to hydrolysis) is 1. The van der Waals surface area contributed by atoms with Gasteiger partial charge in [-0.05, 0) is 67.1 Å². The molecule has 0 unspecified atom stereocenters. The second-order valence-corrected chi connectivity index (χ2v) is 8.34. The van der Waals surface area contributed by atoms with E-state index in [0.717, 1.165) is 9.13 Å². The maximum atomic E-state index is 12.5. The highest BCUT2D eigenvalue weighted by molar-refractivity contribution is 14.1. The second-order valence-electron chi connectivity index (χ2n) is 7.09. The number of benzene rings is 2. The van der Waals surface area contributed by atoms with Crippen LogP contribution >= 0.6 is 22.6 Å². The van der Waals surface area contributed by atoms with Crippen molar-refractivity contribution in [1.29, 1.82) is 0 Å². The molecule has 0 aliphatic carbocycles. The monoisotopic (exact) mass is 481 g/mol. The predicted octanol–water partition coefficient (Wildman–Crippen LogP) is 4.47. The number of rotatable bonds is 5. The van der Waals surface area contributed by atoms with Crippen molar-refractivity contribution in [2.45, 2.75) is 38.8 Å². The quantitative estimate of drug-likeness (QED) is 0.434. The average molecular weight is 481 g/mol. The van der Waals surface area contributed by atoms with E-state index in [1.807, 2.05) is 36.4 Å². The van der Waals surface area contributed by atoms with Crippen LogP contribution in [0, 0.1) is 3.57 Å². The van der Waals surface area contributed by atoms with Crippen LogP contribution in [0.25, 0.3) is 0 Å². The van der Waals surface area contributed by atoms with E-state index in [0.29, 0.717) is 11.4 Å². The summed E-state index contributed by atoms with van der Waals surface area (Å²) in [5, 5.41) is 5.58. The van der Waals surface area contributed by atoms with Crippen LogP contribution in [0.1, 0.15) is 38.8 Å². The van der Waals surface area contributed by atoms with Crippen LogP contribution in [0.15, 0.2) is 48.5 Å². The Labute approximate surface area is 173 Å². The van der Waals surface area contributed by atoms with Gasteiger partial charge in [0.15, 0.2) is 0 Å². The fourth-order valence-corrected chi connectivity index (χ4v) is 2.94. The lowest BCUT2D eigenvalue weighted by Gasteiger charge is -2.24. The zero-order chi connectivity index (χ0) is 20.0. The summed E-state index contributed by atoms with van der Waals surface area (Å²) in [6, 6.07) is 14.2. The number of anilines is 2. The van der Waals surface area contributed by atoms with Gasteiger partial charge in [0.05, 0.1) is 23.8 Å². The molecule has 0 aliphatic heterocycles. The molecule has 0 bridgehead atoms. The van der Waals surface area contributed by atoms with E-state index >= 15 is 0 Å². The van der Waals surface area contributed by atoms with Crippen molar-refractivity contribution in [1.82, 2.24) is 5.32 Å². The van der Waals surface area contributed by atoms with Gasteiger partial charge in [-0.1, -0.05) is 30.3 Å². The summed E-state index contributed by atoms with van der Waals surface area (Å²) in [7, 11) is 0. The number of halogens is 1. The van der Waals surface area contributed by atoms with Crippen molar-refractivity contribution in [2.24, 2.45) is 0 Å². The van der Waals surface area contributed by atoms with Crippen molar-refractivity contribution in [2.75, 3.05) is 11.1 Å². The molecule has 6 nitrogen and oxygen atoms in total. The van der Waals surface area contributed by atoms with Gasteiger partial charge in [-0.3, -0.25) is 4.79 Å². The van der Waals surface area contributed by atoms with Gasteiger partial charge in [-0.2, -0.15) is 0 Å². The maximum absolute atomic E-state index is 12.5. The Kier molecular flexibility index (Phi) is 7.06. The molecule has 4 N–H and O–H groups in total. The lowest BCUT2D eigenvalue weighted by molar-refractivity contribution is -0.116. The van der Waals surface area contributed by atoms with Gasteiger partial charge in [0.25, 0.3) is 0 Å². The molecule has 2 aromatic carbocycles. The number of hydrogen-bond donors (Lipinski definition) is 3. The van der Waals surface area contributed by atoms with Crippen molar-refractivity contribution in [3.63, 3.8) is 0 Å². The Bertz CT molecular complexity index is 804. The molecule has 2 rings (SSSR count). The molecule has 2 aromatic rings. The highest BCUT2D eigenvalue weighted by Crippen LogP contribution is 2.23. The Balaban J connectivity index is 2.11. The first kappa shape index (κ1) is 21.0. The van der Waals surface area contributed by atoms with Crippen LogP contribution in [0.3, 0.4) is 0 Å². The smallest absolute Gasteiger partial charge is 0.408 e. The van der Waals surface area contributed by atoms with Crippen LogP contribution in [0.2, 0.25) is 0 Å². The molecule has 1 atom stereocenters. The van der Waals surface area contributed by atoms with Crippen molar-refractivity contribution >= 4 is 46.0 Å². The number of nitrogens with one attached hydrogen (secondary N) is 2. The number of carbonyl (C=O) groups is 2. The van der Waals surface area contributed by atoms with Gasteiger partial charge in [0, 0.05) is 3.57 Å². The molecule has 0 heterocycles. The molecule has 0 saturated carbocycles. The summed E-state index contributed by atoms with van der Waals surface area (Å²) >= 11 is 2.15. The minimum Gasteiger partial charge on any atom is -0.444 e. The van der Waals surface area contributed by atoms with Crippen molar-refractivity contribution in [3.05, 3.63) is 57.7 Å². The van der Waals surface area contributed by atoms with E-state index in [2.05, 4.69) is 33.2 Å². The Morgan fingerprint density at radius 3 is 2.41 bits per heavy atom. The summed E-state index contributed by atoms with van der Waals surface area (Å²) in [6.07, 6.45) is -0.521. The van der Waals surface area contributed by atoms with E-state index in [1.165, 1.54) is 0 Å². The van der Waals surface area contributed by atoms with E-state index < -0.39 is 17.7 Å². The summed E-state index contributed by atoms with van der Waals surface area (Å²) in [4.78, 5) is 24.7. The summed E-state index contributed by atoms with van der Waals surface area (Å²) in [5.41, 5.74) is 7.18. The van der Waals surface area contributed by atoms with Gasteiger partial charge >= 0.3 is 6.09 Å². The van der Waals surface area contributed by atoms with Crippen LogP contribution in [0.4, 0.5) is 16.2 Å². The largest absolute Gasteiger partial charge is 0.444 e. The third kappa shape index (κ3) is 7.09. The third-order valence-electron chi connectivity index (χ3n) is 3.57. The minimum atomic E-state index is -0.622. The van der Waals surface area contributed by atoms with E-state index in [1.54, 1.807) is 32.9 Å². The first-order valence-electron chi connectivity index (χ1n) is 8.53. The molecule has 0 fully saturated rings. The van der Waals surface area contributed by atoms with E-state index in [-0.39, 0.29) is 12.3 Å². The van der Waals surface area contributed by atoms with Crippen molar-refractivity contribution < 1.29 is 14.3 Å². The van der Waals surface area contributed by atoms with Gasteiger partial charge < -0.3 is 21.1 Å². The number of amides is 2. The Morgan fingerprint density at radius 1 is 1.15 bits per heavy atom. The van der Waals surface area contributed by atoms with Crippen LogP contribution in [-0.2, 0) is 9.53 Å². The van der Waals surface area contributed by atoms with E-state index in [9.17, 15) is 9.59 Å². The highest BCUT2D eigenvalue weighted by atomic mass is 127. The Hall–Kier alpha value is -2.29. The fraction of sp³-hybridized carbons (Fsp3) is 0.300. The summed E-state index contributed by atoms with van der Waals surface area (Å²) in [5.74, 6) is -0.257. The molecular formula is C20H24IN3O3. The van der Waals surface area contributed by atoms with Crippen LogP contribution < -0.4 is 16.4 Å². The van der Waals surface area contributed by atoms with Gasteiger partial charge in [-0.15, -0.1) is 0 Å². The minimum absolute atomic E-state index is 0.0503. The molecule has 0 radical (unpaired) electrons. The molecule has 144 valence electrons. The number of nitrogen functional groups attached to an aromatic ring is 1. The molecule has 27 heavy (non-hydrogen) atoms. The SMILES string of the molecule is CC(C)(C)OC(=O)N[C@@H](CC(=O)Nc1ccc(I)cc1N)c1ccccc1. The fourth-order valence-electron chi connectivity index (χ4n) is 2.42. The second kappa shape index (κ2) is 9.07. The Morgan fingerprint density at radius 2 is 1.81 bits per heavy atom. The topological polar surface area (TPSA) is 93.4 Å².